The zero-order valence-electron chi connectivity index (χ0n) is 10.9. The molecule has 4 nitrogen and oxygen atoms in total. The van der Waals surface area contributed by atoms with E-state index in [2.05, 4.69) is 5.32 Å². The number of carboxylic acid groups (broad SMARTS) is 1. The summed E-state index contributed by atoms with van der Waals surface area (Å²) in [4.78, 5) is 24.5. The Hall–Kier alpha value is -1.36. The maximum atomic E-state index is 11.8. The lowest BCUT2D eigenvalue weighted by Crippen LogP contribution is -2.33. The maximum absolute atomic E-state index is 11.8. The predicted molar refractivity (Wildman–Crippen MR) is 72.0 cm³/mol. The van der Waals surface area contributed by atoms with Crippen LogP contribution >= 0.6 is 11.3 Å². The molecule has 1 aromatic heterocycles. The number of thiophene rings is 1. The van der Waals surface area contributed by atoms with Crippen molar-refractivity contribution in [2.45, 2.75) is 27.2 Å². The van der Waals surface area contributed by atoms with Crippen molar-refractivity contribution in [2.75, 3.05) is 6.54 Å². The van der Waals surface area contributed by atoms with Gasteiger partial charge in [-0.05, 0) is 31.4 Å². The number of nitrogens with one attached hydrogen (secondary N) is 1. The highest BCUT2D eigenvalue weighted by atomic mass is 32.1. The van der Waals surface area contributed by atoms with Crippen LogP contribution < -0.4 is 5.32 Å². The molecule has 0 aliphatic heterocycles. The number of hydrogen-bond donors (Lipinski definition) is 2. The molecule has 0 aromatic carbocycles. The first kappa shape index (κ1) is 14.7. The second kappa shape index (κ2) is 6.54. The fourth-order valence-electron chi connectivity index (χ4n) is 1.70. The molecule has 100 valence electrons. The van der Waals surface area contributed by atoms with E-state index in [9.17, 15) is 9.59 Å². The molecule has 0 fully saturated rings. The number of carbonyl (C=O) groups is 2. The summed E-state index contributed by atoms with van der Waals surface area (Å²) in [6.07, 6.45) is 0.569. The van der Waals surface area contributed by atoms with Crippen LogP contribution in [0.4, 0.5) is 0 Å². The van der Waals surface area contributed by atoms with Crippen LogP contribution in [0.25, 0.3) is 0 Å². The third-order valence-corrected chi connectivity index (χ3v) is 3.58. The van der Waals surface area contributed by atoms with Crippen molar-refractivity contribution in [3.8, 4) is 0 Å². The van der Waals surface area contributed by atoms with Crippen LogP contribution in [0.5, 0.6) is 0 Å². The summed E-state index contributed by atoms with van der Waals surface area (Å²) < 4.78 is 0. The molecule has 0 aliphatic rings. The topological polar surface area (TPSA) is 66.4 Å². The number of hydrogen-bond acceptors (Lipinski definition) is 3. The minimum atomic E-state index is -0.855. The summed E-state index contributed by atoms with van der Waals surface area (Å²) in [5.41, 5.74) is 0. The average Bonchev–Trinajstić information content (AvgIpc) is 2.69. The maximum Gasteiger partial charge on any atom is 0.308 e. The number of amides is 1. The standard InChI is InChI=1S/C13H19NO3S/c1-8(2)6-10(13(16)17)7-14-12(15)11-5-4-9(3)18-11/h4-5,8,10H,6-7H2,1-3H3,(H,14,15)(H,16,17). The predicted octanol–water partition coefficient (Wildman–Crippen LogP) is 2.53. The molecule has 1 unspecified atom stereocenters. The minimum absolute atomic E-state index is 0.184. The molecule has 0 aliphatic carbocycles. The molecule has 0 saturated heterocycles. The van der Waals surface area contributed by atoms with Crippen LogP contribution in [0.2, 0.25) is 0 Å². The van der Waals surface area contributed by atoms with E-state index in [-0.39, 0.29) is 12.5 Å². The second-order valence-corrected chi connectivity index (χ2v) is 6.07. The molecule has 1 amide bonds. The van der Waals surface area contributed by atoms with Gasteiger partial charge in [0, 0.05) is 11.4 Å². The number of rotatable bonds is 6. The van der Waals surface area contributed by atoms with E-state index in [1.807, 2.05) is 26.8 Å². The van der Waals surface area contributed by atoms with Gasteiger partial charge >= 0.3 is 5.97 Å². The van der Waals surface area contributed by atoms with Gasteiger partial charge in [0.15, 0.2) is 0 Å². The summed E-state index contributed by atoms with van der Waals surface area (Å²) in [6.45, 7) is 6.06. The Balaban J connectivity index is 2.52. The van der Waals surface area contributed by atoms with Crippen molar-refractivity contribution < 1.29 is 14.7 Å². The van der Waals surface area contributed by atoms with Crippen molar-refractivity contribution in [3.63, 3.8) is 0 Å². The fourth-order valence-corrected chi connectivity index (χ4v) is 2.48. The molecule has 18 heavy (non-hydrogen) atoms. The smallest absolute Gasteiger partial charge is 0.308 e. The van der Waals surface area contributed by atoms with Gasteiger partial charge in [-0.3, -0.25) is 9.59 Å². The third-order valence-electron chi connectivity index (χ3n) is 2.58. The van der Waals surface area contributed by atoms with Gasteiger partial charge in [0.1, 0.15) is 0 Å². The van der Waals surface area contributed by atoms with Crippen LogP contribution in [0.3, 0.4) is 0 Å². The van der Waals surface area contributed by atoms with Gasteiger partial charge in [0.25, 0.3) is 5.91 Å². The highest BCUT2D eigenvalue weighted by molar-refractivity contribution is 7.13. The van der Waals surface area contributed by atoms with Gasteiger partial charge < -0.3 is 10.4 Å². The van der Waals surface area contributed by atoms with E-state index in [1.54, 1.807) is 6.07 Å². The summed E-state index contributed by atoms with van der Waals surface area (Å²) in [6, 6.07) is 3.63. The number of carboxylic acids is 1. The first-order valence-corrected chi connectivity index (χ1v) is 6.79. The van der Waals surface area contributed by atoms with Crippen molar-refractivity contribution in [1.29, 1.82) is 0 Å². The van der Waals surface area contributed by atoms with Crippen molar-refractivity contribution in [1.82, 2.24) is 5.32 Å². The number of aryl methyl sites for hydroxylation is 1. The van der Waals surface area contributed by atoms with E-state index in [0.717, 1.165) is 4.88 Å². The van der Waals surface area contributed by atoms with Gasteiger partial charge in [-0.25, -0.2) is 0 Å². The van der Waals surface area contributed by atoms with E-state index in [4.69, 9.17) is 5.11 Å². The normalized spacial score (nSPS) is 12.4. The molecular formula is C13H19NO3S. The Kier molecular flexibility index (Phi) is 5.34. The van der Waals surface area contributed by atoms with Crippen LogP contribution in [0.15, 0.2) is 12.1 Å². The largest absolute Gasteiger partial charge is 0.481 e. The molecule has 1 rings (SSSR count). The molecule has 0 bridgehead atoms. The zero-order chi connectivity index (χ0) is 13.7. The van der Waals surface area contributed by atoms with Crippen LogP contribution in [-0.2, 0) is 4.79 Å². The first-order valence-electron chi connectivity index (χ1n) is 5.97. The highest BCUT2D eigenvalue weighted by Crippen LogP contribution is 2.15. The van der Waals surface area contributed by atoms with E-state index in [1.165, 1.54) is 11.3 Å². The minimum Gasteiger partial charge on any atom is -0.481 e. The molecule has 1 atom stereocenters. The molecular weight excluding hydrogens is 250 g/mol. The molecule has 2 N–H and O–H groups in total. The Labute approximate surface area is 111 Å². The number of carbonyl (C=O) groups excluding carboxylic acids is 1. The Morgan fingerprint density at radius 3 is 2.50 bits per heavy atom. The Bertz CT molecular complexity index is 426. The van der Waals surface area contributed by atoms with E-state index >= 15 is 0 Å². The average molecular weight is 269 g/mol. The molecule has 0 spiro atoms. The lowest BCUT2D eigenvalue weighted by molar-refractivity contribution is -0.142. The van der Waals surface area contributed by atoms with Crippen LogP contribution in [-0.4, -0.2) is 23.5 Å². The van der Waals surface area contributed by atoms with Gasteiger partial charge in [-0.1, -0.05) is 13.8 Å². The van der Waals surface area contributed by atoms with Crippen molar-refractivity contribution >= 4 is 23.2 Å². The molecule has 0 radical (unpaired) electrons. The highest BCUT2D eigenvalue weighted by Gasteiger charge is 2.20. The quantitative estimate of drug-likeness (QED) is 0.834. The van der Waals surface area contributed by atoms with E-state index < -0.39 is 11.9 Å². The summed E-state index contributed by atoms with van der Waals surface area (Å²) >= 11 is 1.41. The first-order chi connectivity index (χ1) is 8.40. The van der Waals surface area contributed by atoms with Gasteiger partial charge in [-0.15, -0.1) is 11.3 Å². The van der Waals surface area contributed by atoms with Crippen molar-refractivity contribution in [2.24, 2.45) is 11.8 Å². The van der Waals surface area contributed by atoms with Crippen molar-refractivity contribution in [3.05, 3.63) is 21.9 Å². The second-order valence-electron chi connectivity index (χ2n) is 4.79. The SMILES string of the molecule is Cc1ccc(C(=O)NCC(CC(C)C)C(=O)O)s1. The molecule has 1 aromatic rings. The van der Waals surface area contributed by atoms with Crippen LogP contribution in [0, 0.1) is 18.8 Å². The molecule has 1 heterocycles. The summed E-state index contributed by atoms with van der Waals surface area (Å²) in [7, 11) is 0. The summed E-state index contributed by atoms with van der Waals surface area (Å²) in [5, 5.41) is 11.8. The van der Waals surface area contributed by atoms with Gasteiger partial charge in [-0.2, -0.15) is 0 Å². The Morgan fingerprint density at radius 2 is 2.06 bits per heavy atom. The Morgan fingerprint density at radius 1 is 1.39 bits per heavy atom. The molecule has 5 heteroatoms. The van der Waals surface area contributed by atoms with E-state index in [0.29, 0.717) is 17.2 Å². The number of aliphatic carboxylic acids is 1. The lowest BCUT2D eigenvalue weighted by atomic mass is 9.97. The summed E-state index contributed by atoms with van der Waals surface area (Å²) in [5.74, 6) is -1.27. The van der Waals surface area contributed by atoms with Gasteiger partial charge in [0.05, 0.1) is 10.8 Å². The lowest BCUT2D eigenvalue weighted by Gasteiger charge is -2.14. The monoisotopic (exact) mass is 269 g/mol. The zero-order valence-corrected chi connectivity index (χ0v) is 11.7. The third kappa shape index (κ3) is 4.49. The van der Waals surface area contributed by atoms with Crippen LogP contribution in [0.1, 0.15) is 34.8 Å². The van der Waals surface area contributed by atoms with Gasteiger partial charge in [0.2, 0.25) is 0 Å². The molecule has 0 saturated carbocycles. The fraction of sp³-hybridized carbons (Fsp3) is 0.538.